The zero-order valence-electron chi connectivity index (χ0n) is 12.3. The second-order valence-corrected chi connectivity index (χ2v) is 6.14. The number of halogens is 3. The van der Waals surface area contributed by atoms with Crippen molar-refractivity contribution < 1.29 is 17.4 Å². The van der Waals surface area contributed by atoms with Crippen molar-refractivity contribution in [1.82, 2.24) is 10.6 Å². The highest BCUT2D eigenvalue weighted by Crippen LogP contribution is 2.17. The third-order valence-electron chi connectivity index (χ3n) is 2.72. The molecule has 1 aromatic carbocycles. The van der Waals surface area contributed by atoms with Crippen molar-refractivity contribution in [3.8, 4) is 0 Å². The molecule has 0 saturated carbocycles. The number of nitrogens with one attached hydrogen (secondary N) is 2. The molecular formula is C14H20F3N3OS. The maximum absolute atomic E-state index is 12.0. The second kappa shape index (κ2) is 9.45. The average Bonchev–Trinajstić information content (AvgIpc) is 2.45. The summed E-state index contributed by atoms with van der Waals surface area (Å²) in [4.78, 5) is 3.82. The van der Waals surface area contributed by atoms with Gasteiger partial charge < -0.3 is 10.6 Å². The van der Waals surface area contributed by atoms with E-state index in [-0.39, 0.29) is 12.5 Å². The molecule has 0 heterocycles. The standard InChI is InChI=1S/C14H20F3N3OS/c1-18-13(19-8-7-14(15,16)17)20-9-10-22(21)11-12-5-3-2-4-6-12/h2-6H,7-11H2,1H3,(H2,18,19,20). The monoisotopic (exact) mass is 335 g/mol. The molecule has 0 aromatic heterocycles. The van der Waals surface area contributed by atoms with Crippen molar-refractivity contribution in [2.24, 2.45) is 4.99 Å². The summed E-state index contributed by atoms with van der Waals surface area (Å²) in [5.74, 6) is 1.14. The highest BCUT2D eigenvalue weighted by atomic mass is 32.2. The Morgan fingerprint density at radius 1 is 1.18 bits per heavy atom. The summed E-state index contributed by atoms with van der Waals surface area (Å²) >= 11 is 0. The average molecular weight is 335 g/mol. The van der Waals surface area contributed by atoms with Gasteiger partial charge in [0.05, 0.1) is 6.42 Å². The van der Waals surface area contributed by atoms with E-state index >= 15 is 0 Å². The van der Waals surface area contributed by atoms with E-state index in [9.17, 15) is 17.4 Å². The molecule has 0 aliphatic rings. The minimum absolute atomic E-state index is 0.240. The van der Waals surface area contributed by atoms with Crippen molar-refractivity contribution in [1.29, 1.82) is 0 Å². The molecule has 0 saturated heterocycles. The minimum Gasteiger partial charge on any atom is -0.356 e. The molecule has 1 unspecified atom stereocenters. The summed E-state index contributed by atoms with van der Waals surface area (Å²) in [6.45, 7) is 0.140. The van der Waals surface area contributed by atoms with Crippen LogP contribution in [0.15, 0.2) is 35.3 Å². The summed E-state index contributed by atoms with van der Waals surface area (Å²) < 4.78 is 48.0. The predicted octanol–water partition coefficient (Wildman–Crippen LogP) is 2.05. The van der Waals surface area contributed by atoms with Gasteiger partial charge in [0.25, 0.3) is 0 Å². The Labute approximate surface area is 130 Å². The molecule has 0 bridgehead atoms. The fourth-order valence-electron chi connectivity index (χ4n) is 1.66. The number of nitrogens with zero attached hydrogens (tertiary/aromatic N) is 1. The van der Waals surface area contributed by atoms with Crippen LogP contribution in [0.5, 0.6) is 0 Å². The second-order valence-electron chi connectivity index (χ2n) is 4.56. The molecular weight excluding hydrogens is 315 g/mol. The molecule has 0 fully saturated rings. The molecule has 1 rings (SSSR count). The first kappa shape index (κ1) is 18.5. The smallest absolute Gasteiger partial charge is 0.356 e. The van der Waals surface area contributed by atoms with Gasteiger partial charge in [0.15, 0.2) is 5.96 Å². The van der Waals surface area contributed by atoms with Crippen LogP contribution >= 0.6 is 0 Å². The highest BCUT2D eigenvalue weighted by molar-refractivity contribution is 7.84. The molecule has 0 amide bonds. The van der Waals surface area contributed by atoms with Crippen molar-refractivity contribution in [2.45, 2.75) is 18.3 Å². The molecule has 1 atom stereocenters. The first-order chi connectivity index (χ1) is 10.4. The number of alkyl halides is 3. The molecule has 8 heteroatoms. The van der Waals surface area contributed by atoms with Crippen LogP contribution in [-0.2, 0) is 16.6 Å². The number of hydrogen-bond acceptors (Lipinski definition) is 2. The van der Waals surface area contributed by atoms with Gasteiger partial charge in [-0.25, -0.2) is 0 Å². The van der Waals surface area contributed by atoms with Gasteiger partial charge >= 0.3 is 6.18 Å². The van der Waals surface area contributed by atoms with E-state index in [1.807, 2.05) is 30.3 Å². The van der Waals surface area contributed by atoms with E-state index < -0.39 is 23.4 Å². The topological polar surface area (TPSA) is 53.5 Å². The Morgan fingerprint density at radius 3 is 2.41 bits per heavy atom. The molecule has 4 nitrogen and oxygen atoms in total. The SMILES string of the molecule is CN=C(NCCS(=O)Cc1ccccc1)NCCC(F)(F)F. The van der Waals surface area contributed by atoms with Crippen LogP contribution in [0.3, 0.4) is 0 Å². The Morgan fingerprint density at radius 2 is 1.82 bits per heavy atom. The summed E-state index contributed by atoms with van der Waals surface area (Å²) in [5, 5.41) is 5.42. The van der Waals surface area contributed by atoms with Crippen LogP contribution in [0.4, 0.5) is 13.2 Å². The highest BCUT2D eigenvalue weighted by Gasteiger charge is 2.26. The van der Waals surface area contributed by atoms with Gasteiger partial charge in [-0.15, -0.1) is 0 Å². The van der Waals surface area contributed by atoms with E-state index in [0.717, 1.165) is 5.56 Å². The van der Waals surface area contributed by atoms with Gasteiger partial charge in [-0.2, -0.15) is 13.2 Å². The zero-order valence-corrected chi connectivity index (χ0v) is 13.1. The number of hydrogen-bond donors (Lipinski definition) is 2. The molecule has 0 spiro atoms. The van der Waals surface area contributed by atoms with Gasteiger partial charge in [-0.05, 0) is 5.56 Å². The maximum atomic E-state index is 12.0. The summed E-state index contributed by atoms with van der Waals surface area (Å²) in [6, 6.07) is 9.48. The van der Waals surface area contributed by atoms with Crippen LogP contribution in [-0.4, -0.2) is 42.2 Å². The first-order valence-electron chi connectivity index (χ1n) is 6.81. The minimum atomic E-state index is -4.19. The van der Waals surface area contributed by atoms with E-state index in [1.54, 1.807) is 0 Å². The lowest BCUT2D eigenvalue weighted by molar-refractivity contribution is -0.132. The Balaban J connectivity index is 2.22. The maximum Gasteiger partial charge on any atom is 0.390 e. The molecule has 0 aliphatic carbocycles. The largest absolute Gasteiger partial charge is 0.390 e. The fourth-order valence-corrected chi connectivity index (χ4v) is 2.70. The number of rotatable bonds is 7. The molecule has 2 N–H and O–H groups in total. The fraction of sp³-hybridized carbons (Fsp3) is 0.500. The molecule has 124 valence electrons. The van der Waals surface area contributed by atoms with E-state index in [1.165, 1.54) is 7.05 Å². The summed E-state index contributed by atoms with van der Waals surface area (Å²) in [6.07, 6.45) is -5.11. The van der Waals surface area contributed by atoms with Crippen LogP contribution < -0.4 is 10.6 Å². The normalized spacial score (nSPS) is 13.7. The first-order valence-corrected chi connectivity index (χ1v) is 8.29. The van der Waals surface area contributed by atoms with E-state index in [2.05, 4.69) is 15.6 Å². The number of aliphatic imine (C=N–C) groups is 1. The molecule has 0 radical (unpaired) electrons. The van der Waals surface area contributed by atoms with Crippen LogP contribution in [0.1, 0.15) is 12.0 Å². The van der Waals surface area contributed by atoms with Crippen molar-refractivity contribution in [3.05, 3.63) is 35.9 Å². The Bertz CT molecular complexity index is 492. The Hall–Kier alpha value is -1.57. The third-order valence-corrected chi connectivity index (χ3v) is 4.03. The van der Waals surface area contributed by atoms with Gasteiger partial charge in [0.1, 0.15) is 0 Å². The predicted molar refractivity (Wildman–Crippen MR) is 83.2 cm³/mol. The Kier molecular flexibility index (Phi) is 7.94. The summed E-state index contributed by atoms with van der Waals surface area (Å²) in [5.41, 5.74) is 0.994. The zero-order chi connectivity index (χ0) is 16.4. The quantitative estimate of drug-likeness (QED) is 0.592. The lowest BCUT2D eigenvalue weighted by atomic mass is 10.2. The van der Waals surface area contributed by atoms with E-state index in [0.29, 0.717) is 18.1 Å². The van der Waals surface area contributed by atoms with Crippen molar-refractivity contribution >= 4 is 16.8 Å². The lowest BCUT2D eigenvalue weighted by Crippen LogP contribution is -2.40. The van der Waals surface area contributed by atoms with Gasteiger partial charge in [-0.3, -0.25) is 9.20 Å². The molecule has 0 aliphatic heterocycles. The van der Waals surface area contributed by atoms with Crippen LogP contribution in [0, 0.1) is 0 Å². The third kappa shape index (κ3) is 8.66. The van der Waals surface area contributed by atoms with Crippen molar-refractivity contribution in [2.75, 3.05) is 25.9 Å². The van der Waals surface area contributed by atoms with Crippen LogP contribution in [0.2, 0.25) is 0 Å². The van der Waals surface area contributed by atoms with Crippen molar-refractivity contribution in [3.63, 3.8) is 0 Å². The van der Waals surface area contributed by atoms with Gasteiger partial charge in [0.2, 0.25) is 0 Å². The molecule has 22 heavy (non-hydrogen) atoms. The summed E-state index contributed by atoms with van der Waals surface area (Å²) in [7, 11) is 0.442. The number of guanidine groups is 1. The van der Waals surface area contributed by atoms with Gasteiger partial charge in [0, 0.05) is 42.4 Å². The number of benzene rings is 1. The molecule has 1 aromatic rings. The van der Waals surface area contributed by atoms with E-state index in [4.69, 9.17) is 0 Å². The van der Waals surface area contributed by atoms with Crippen LogP contribution in [0.25, 0.3) is 0 Å². The van der Waals surface area contributed by atoms with Gasteiger partial charge in [-0.1, -0.05) is 30.3 Å². The lowest BCUT2D eigenvalue weighted by Gasteiger charge is -2.12.